The molecule has 23 heavy (non-hydrogen) atoms. The van der Waals surface area contributed by atoms with Crippen molar-refractivity contribution in [2.45, 2.75) is 39.2 Å². The molecule has 0 radical (unpaired) electrons. The van der Waals surface area contributed by atoms with Crippen LogP contribution in [-0.2, 0) is 0 Å². The summed E-state index contributed by atoms with van der Waals surface area (Å²) in [7, 11) is 0. The molecule has 0 aliphatic carbocycles. The second-order valence-corrected chi connectivity index (χ2v) is 5.57. The summed E-state index contributed by atoms with van der Waals surface area (Å²) in [6.45, 7) is 4.92. The maximum absolute atomic E-state index is 12.4. The number of benzene rings is 2. The van der Waals surface area contributed by atoms with Crippen molar-refractivity contribution in [1.29, 1.82) is 0 Å². The van der Waals surface area contributed by atoms with E-state index in [2.05, 4.69) is 19.2 Å². The SMILES string of the molecule is CCCCOc1ccc(C(=O)NC(CC)c2ccccc2)cc1. The third kappa shape index (κ3) is 5.13. The van der Waals surface area contributed by atoms with E-state index in [-0.39, 0.29) is 11.9 Å². The van der Waals surface area contributed by atoms with Gasteiger partial charge in [0.25, 0.3) is 5.91 Å². The van der Waals surface area contributed by atoms with Crippen LogP contribution in [0.15, 0.2) is 54.6 Å². The molecule has 0 saturated carbocycles. The molecule has 122 valence electrons. The van der Waals surface area contributed by atoms with Crippen LogP contribution in [0.4, 0.5) is 0 Å². The van der Waals surface area contributed by atoms with E-state index in [0.717, 1.165) is 30.6 Å². The number of rotatable bonds is 8. The molecule has 1 N–H and O–H groups in total. The van der Waals surface area contributed by atoms with Gasteiger partial charge < -0.3 is 10.1 Å². The van der Waals surface area contributed by atoms with E-state index >= 15 is 0 Å². The second kappa shape index (κ2) is 8.99. The van der Waals surface area contributed by atoms with E-state index in [0.29, 0.717) is 12.2 Å². The van der Waals surface area contributed by atoms with Crippen LogP contribution in [0.2, 0.25) is 0 Å². The average molecular weight is 311 g/mol. The zero-order valence-electron chi connectivity index (χ0n) is 13.9. The normalized spacial score (nSPS) is 11.7. The molecule has 0 heterocycles. The highest BCUT2D eigenvalue weighted by Crippen LogP contribution is 2.18. The van der Waals surface area contributed by atoms with Gasteiger partial charge in [-0.15, -0.1) is 0 Å². The highest BCUT2D eigenvalue weighted by molar-refractivity contribution is 5.94. The van der Waals surface area contributed by atoms with Crippen molar-refractivity contribution in [1.82, 2.24) is 5.32 Å². The summed E-state index contributed by atoms with van der Waals surface area (Å²) in [5.74, 6) is 0.755. The van der Waals surface area contributed by atoms with Crippen molar-refractivity contribution in [3.05, 3.63) is 65.7 Å². The van der Waals surface area contributed by atoms with Crippen molar-refractivity contribution in [3.63, 3.8) is 0 Å². The van der Waals surface area contributed by atoms with Crippen LogP contribution in [-0.4, -0.2) is 12.5 Å². The lowest BCUT2D eigenvalue weighted by Crippen LogP contribution is -2.28. The van der Waals surface area contributed by atoms with Gasteiger partial charge in [-0.1, -0.05) is 50.6 Å². The van der Waals surface area contributed by atoms with E-state index in [1.54, 1.807) is 0 Å². The number of carbonyl (C=O) groups excluding carboxylic acids is 1. The lowest BCUT2D eigenvalue weighted by molar-refractivity contribution is 0.0935. The molecule has 0 aliphatic rings. The molecule has 0 bridgehead atoms. The van der Waals surface area contributed by atoms with Gasteiger partial charge in [0.1, 0.15) is 5.75 Å². The van der Waals surface area contributed by atoms with Gasteiger partial charge in [0, 0.05) is 5.56 Å². The van der Waals surface area contributed by atoms with Gasteiger partial charge in [0.05, 0.1) is 12.6 Å². The van der Waals surface area contributed by atoms with Gasteiger partial charge in [0.15, 0.2) is 0 Å². The summed E-state index contributed by atoms with van der Waals surface area (Å²) in [4.78, 5) is 12.4. The lowest BCUT2D eigenvalue weighted by Gasteiger charge is -2.17. The fourth-order valence-electron chi connectivity index (χ4n) is 2.38. The van der Waals surface area contributed by atoms with Crippen LogP contribution in [0.3, 0.4) is 0 Å². The fraction of sp³-hybridized carbons (Fsp3) is 0.350. The summed E-state index contributed by atoms with van der Waals surface area (Å²) in [5.41, 5.74) is 1.78. The predicted octanol–water partition coefficient (Wildman–Crippen LogP) is 4.75. The molecule has 0 saturated heterocycles. The molecular formula is C20H25NO2. The van der Waals surface area contributed by atoms with E-state index in [4.69, 9.17) is 4.74 Å². The fourth-order valence-corrected chi connectivity index (χ4v) is 2.38. The number of amides is 1. The Hall–Kier alpha value is -2.29. The number of unbranched alkanes of at least 4 members (excludes halogenated alkanes) is 1. The van der Waals surface area contributed by atoms with Crippen LogP contribution in [0.25, 0.3) is 0 Å². The third-order valence-corrected chi connectivity index (χ3v) is 3.80. The highest BCUT2D eigenvalue weighted by atomic mass is 16.5. The van der Waals surface area contributed by atoms with Gasteiger partial charge in [-0.2, -0.15) is 0 Å². The molecule has 0 aromatic heterocycles. The van der Waals surface area contributed by atoms with Crippen LogP contribution in [0.1, 0.15) is 55.1 Å². The molecule has 2 aromatic carbocycles. The maximum Gasteiger partial charge on any atom is 0.251 e. The van der Waals surface area contributed by atoms with Gasteiger partial charge >= 0.3 is 0 Å². The topological polar surface area (TPSA) is 38.3 Å². The largest absolute Gasteiger partial charge is 0.494 e. The first-order valence-corrected chi connectivity index (χ1v) is 8.33. The van der Waals surface area contributed by atoms with Crippen molar-refractivity contribution >= 4 is 5.91 Å². The number of nitrogens with one attached hydrogen (secondary N) is 1. The van der Waals surface area contributed by atoms with Crippen LogP contribution in [0, 0.1) is 0 Å². The zero-order valence-corrected chi connectivity index (χ0v) is 13.9. The average Bonchev–Trinajstić information content (AvgIpc) is 2.61. The number of hydrogen-bond donors (Lipinski definition) is 1. The van der Waals surface area contributed by atoms with Crippen molar-refractivity contribution in [2.24, 2.45) is 0 Å². The first-order chi connectivity index (χ1) is 11.2. The first-order valence-electron chi connectivity index (χ1n) is 8.33. The van der Waals surface area contributed by atoms with Crippen molar-refractivity contribution in [2.75, 3.05) is 6.61 Å². The van der Waals surface area contributed by atoms with E-state index in [9.17, 15) is 4.79 Å². The number of carbonyl (C=O) groups is 1. The van der Waals surface area contributed by atoms with Gasteiger partial charge in [0.2, 0.25) is 0 Å². The molecule has 2 aromatic rings. The maximum atomic E-state index is 12.4. The molecule has 1 amide bonds. The minimum Gasteiger partial charge on any atom is -0.494 e. The van der Waals surface area contributed by atoms with E-state index in [1.165, 1.54) is 0 Å². The van der Waals surface area contributed by atoms with E-state index < -0.39 is 0 Å². The smallest absolute Gasteiger partial charge is 0.251 e. The van der Waals surface area contributed by atoms with Crippen molar-refractivity contribution in [3.8, 4) is 5.75 Å². The quantitative estimate of drug-likeness (QED) is 0.715. The summed E-state index contributed by atoms with van der Waals surface area (Å²) in [5, 5.41) is 3.09. The standard InChI is InChI=1S/C20H25NO2/c1-3-5-15-23-18-13-11-17(12-14-18)20(22)21-19(4-2)16-9-7-6-8-10-16/h6-14,19H,3-5,15H2,1-2H3,(H,21,22). The highest BCUT2D eigenvalue weighted by Gasteiger charge is 2.13. The minimum atomic E-state index is -0.0548. The molecule has 1 atom stereocenters. The van der Waals surface area contributed by atoms with Crippen LogP contribution < -0.4 is 10.1 Å². The molecule has 3 heteroatoms. The molecule has 0 fully saturated rings. The molecule has 0 aliphatic heterocycles. The Morgan fingerprint density at radius 1 is 1.04 bits per heavy atom. The molecule has 3 nitrogen and oxygen atoms in total. The second-order valence-electron chi connectivity index (χ2n) is 5.57. The Labute approximate surface area is 138 Å². The van der Waals surface area contributed by atoms with Crippen LogP contribution in [0.5, 0.6) is 5.75 Å². The predicted molar refractivity (Wildman–Crippen MR) is 93.8 cm³/mol. The number of ether oxygens (including phenoxy) is 1. The monoisotopic (exact) mass is 311 g/mol. The summed E-state index contributed by atoms with van der Waals surface area (Å²) in [6, 6.07) is 17.4. The Bertz CT molecular complexity index is 593. The molecule has 0 spiro atoms. The van der Waals surface area contributed by atoms with E-state index in [1.807, 2.05) is 54.6 Å². The zero-order chi connectivity index (χ0) is 16.5. The van der Waals surface area contributed by atoms with Crippen molar-refractivity contribution < 1.29 is 9.53 Å². The third-order valence-electron chi connectivity index (χ3n) is 3.80. The summed E-state index contributed by atoms with van der Waals surface area (Å²) >= 11 is 0. The Kier molecular flexibility index (Phi) is 6.67. The molecule has 2 rings (SSSR count). The Morgan fingerprint density at radius 2 is 1.74 bits per heavy atom. The molecular weight excluding hydrogens is 286 g/mol. The Balaban J connectivity index is 1.97. The summed E-state index contributed by atoms with van der Waals surface area (Å²) < 4.78 is 5.62. The van der Waals surface area contributed by atoms with Gasteiger partial charge in [-0.05, 0) is 42.7 Å². The minimum absolute atomic E-state index is 0.0316. The lowest BCUT2D eigenvalue weighted by atomic mass is 10.0. The van der Waals surface area contributed by atoms with Crippen LogP contribution >= 0.6 is 0 Å². The molecule has 1 unspecified atom stereocenters. The Morgan fingerprint density at radius 3 is 2.35 bits per heavy atom. The summed E-state index contributed by atoms with van der Waals surface area (Å²) in [6.07, 6.45) is 3.00. The first kappa shape index (κ1) is 17.1. The van der Waals surface area contributed by atoms with Gasteiger partial charge in [-0.3, -0.25) is 4.79 Å². The number of hydrogen-bond acceptors (Lipinski definition) is 2. The van der Waals surface area contributed by atoms with Gasteiger partial charge in [-0.25, -0.2) is 0 Å².